The number of carbonyl (C=O) groups excluding carboxylic acids is 2. The Bertz CT molecular complexity index is 1220. The van der Waals surface area contributed by atoms with E-state index in [-0.39, 0.29) is 17.0 Å². The molecule has 1 aliphatic rings. The minimum atomic E-state index is -0.549. The molecule has 156 valence electrons. The number of anilines is 2. The minimum Gasteiger partial charge on any atom is -0.496 e. The van der Waals surface area contributed by atoms with E-state index in [4.69, 9.17) is 16.3 Å². The number of nitrogens with zero attached hydrogens (tertiary/aromatic N) is 1. The van der Waals surface area contributed by atoms with E-state index in [1.165, 1.54) is 31.4 Å². The Morgan fingerprint density at radius 1 is 0.968 bits per heavy atom. The van der Waals surface area contributed by atoms with E-state index in [0.29, 0.717) is 22.0 Å². The maximum Gasteiger partial charge on any atom is 0.282 e. The lowest BCUT2D eigenvalue weighted by Gasteiger charge is -2.16. The fourth-order valence-corrected chi connectivity index (χ4v) is 3.70. The van der Waals surface area contributed by atoms with Crippen LogP contribution in [0.2, 0.25) is 5.02 Å². The molecular weight excluding hydrogens is 419 g/mol. The second-order valence-electron chi connectivity index (χ2n) is 6.96. The van der Waals surface area contributed by atoms with Gasteiger partial charge in [0.05, 0.1) is 18.4 Å². The minimum absolute atomic E-state index is 0.101. The maximum absolute atomic E-state index is 13.4. The maximum atomic E-state index is 13.4. The largest absolute Gasteiger partial charge is 0.496 e. The zero-order valence-corrected chi connectivity index (χ0v) is 17.5. The van der Waals surface area contributed by atoms with Crippen molar-refractivity contribution < 1.29 is 18.7 Å². The summed E-state index contributed by atoms with van der Waals surface area (Å²) in [6.07, 6.45) is 0. The van der Waals surface area contributed by atoms with Crippen molar-refractivity contribution in [2.24, 2.45) is 0 Å². The van der Waals surface area contributed by atoms with Gasteiger partial charge in [-0.15, -0.1) is 0 Å². The monoisotopic (exact) mass is 436 g/mol. The van der Waals surface area contributed by atoms with Crippen molar-refractivity contribution in [3.05, 3.63) is 94.4 Å². The summed E-state index contributed by atoms with van der Waals surface area (Å²) < 4.78 is 18.8. The highest BCUT2D eigenvalue weighted by Gasteiger charge is 2.41. The molecule has 0 spiro atoms. The highest BCUT2D eigenvalue weighted by molar-refractivity contribution is 6.46. The van der Waals surface area contributed by atoms with Gasteiger partial charge in [-0.2, -0.15) is 0 Å². The molecule has 3 aromatic rings. The van der Waals surface area contributed by atoms with Crippen LogP contribution in [-0.2, 0) is 9.59 Å². The van der Waals surface area contributed by atoms with E-state index in [9.17, 15) is 14.0 Å². The SMILES string of the molecule is COc1ccccc1C1=C(Nc2ccc(Cl)cc2C)C(=O)N(c2ccc(F)cc2)C1=O. The second kappa shape index (κ2) is 8.24. The second-order valence-corrected chi connectivity index (χ2v) is 7.39. The van der Waals surface area contributed by atoms with Crippen LogP contribution >= 0.6 is 11.6 Å². The molecule has 5 nitrogen and oxygen atoms in total. The Hall–Kier alpha value is -3.64. The Labute approximate surface area is 183 Å². The Balaban J connectivity index is 1.87. The molecule has 1 aliphatic heterocycles. The standard InChI is InChI=1S/C24H18ClFN2O3/c1-14-13-15(25)7-12-19(14)27-22-21(18-5-3-4-6-20(18)31-2)23(29)28(24(22)30)17-10-8-16(26)9-11-17/h3-13,27H,1-2H3. The van der Waals surface area contributed by atoms with Gasteiger partial charge in [-0.3, -0.25) is 9.59 Å². The van der Waals surface area contributed by atoms with Crippen LogP contribution in [0.15, 0.2) is 72.4 Å². The predicted molar refractivity (Wildman–Crippen MR) is 119 cm³/mol. The summed E-state index contributed by atoms with van der Waals surface area (Å²) in [6, 6.07) is 17.3. The number of methoxy groups -OCH3 is 1. The van der Waals surface area contributed by atoms with Crippen molar-refractivity contribution >= 4 is 40.4 Å². The first-order valence-electron chi connectivity index (χ1n) is 9.46. The van der Waals surface area contributed by atoms with Gasteiger partial charge >= 0.3 is 0 Å². The fraction of sp³-hybridized carbons (Fsp3) is 0.0833. The summed E-state index contributed by atoms with van der Waals surface area (Å²) in [5, 5.41) is 3.67. The molecule has 1 N–H and O–H groups in total. The van der Waals surface area contributed by atoms with Gasteiger partial charge in [0, 0.05) is 16.3 Å². The lowest BCUT2D eigenvalue weighted by Crippen LogP contribution is -2.32. The van der Waals surface area contributed by atoms with Gasteiger partial charge in [-0.25, -0.2) is 9.29 Å². The molecule has 0 radical (unpaired) electrons. The van der Waals surface area contributed by atoms with Crippen molar-refractivity contribution in [3.63, 3.8) is 0 Å². The molecule has 0 fully saturated rings. The van der Waals surface area contributed by atoms with Gasteiger partial charge in [0.25, 0.3) is 11.8 Å². The smallest absolute Gasteiger partial charge is 0.282 e. The zero-order valence-electron chi connectivity index (χ0n) is 16.8. The number of aryl methyl sites for hydroxylation is 1. The molecule has 1 heterocycles. The summed E-state index contributed by atoms with van der Waals surface area (Å²) in [7, 11) is 1.49. The molecular formula is C24H18ClFN2O3. The molecule has 4 rings (SSSR count). The van der Waals surface area contributed by atoms with E-state index in [1.807, 2.05) is 6.92 Å². The number of rotatable bonds is 5. The van der Waals surface area contributed by atoms with Crippen molar-refractivity contribution in [3.8, 4) is 5.75 Å². The van der Waals surface area contributed by atoms with Gasteiger partial charge in [0.15, 0.2) is 0 Å². The third-order valence-electron chi connectivity index (χ3n) is 4.99. The number of imide groups is 1. The fourth-order valence-electron chi connectivity index (χ4n) is 3.47. The quantitative estimate of drug-likeness (QED) is 0.559. The number of para-hydroxylation sites is 1. The first-order valence-corrected chi connectivity index (χ1v) is 9.83. The third-order valence-corrected chi connectivity index (χ3v) is 5.23. The van der Waals surface area contributed by atoms with Gasteiger partial charge in [0.1, 0.15) is 17.3 Å². The number of ether oxygens (including phenoxy) is 1. The molecule has 0 atom stereocenters. The van der Waals surface area contributed by atoms with Crippen LogP contribution < -0.4 is 15.0 Å². The molecule has 7 heteroatoms. The van der Waals surface area contributed by atoms with E-state index >= 15 is 0 Å². The number of hydrogen-bond acceptors (Lipinski definition) is 4. The van der Waals surface area contributed by atoms with Crippen molar-refractivity contribution in [1.29, 1.82) is 0 Å². The summed E-state index contributed by atoms with van der Waals surface area (Å²) in [5.74, 6) is -1.09. The van der Waals surface area contributed by atoms with Gasteiger partial charge in [-0.1, -0.05) is 29.8 Å². The predicted octanol–water partition coefficient (Wildman–Crippen LogP) is 5.19. The van der Waals surface area contributed by atoms with Crippen LogP contribution in [0.3, 0.4) is 0 Å². The molecule has 0 saturated heterocycles. The number of halogens is 2. The molecule has 0 aromatic heterocycles. The van der Waals surface area contributed by atoms with E-state index in [0.717, 1.165) is 10.5 Å². The first kappa shape index (κ1) is 20.6. The summed E-state index contributed by atoms with van der Waals surface area (Å²) >= 11 is 6.05. The number of benzene rings is 3. The van der Waals surface area contributed by atoms with Gasteiger partial charge in [0.2, 0.25) is 0 Å². The topological polar surface area (TPSA) is 58.6 Å². The average molecular weight is 437 g/mol. The van der Waals surface area contributed by atoms with E-state index in [2.05, 4.69) is 5.32 Å². The number of nitrogens with one attached hydrogen (secondary N) is 1. The molecule has 0 saturated carbocycles. The number of hydrogen-bond donors (Lipinski definition) is 1. The Morgan fingerprint density at radius 2 is 1.68 bits per heavy atom. The van der Waals surface area contributed by atoms with Crippen LogP contribution in [0.4, 0.5) is 15.8 Å². The van der Waals surface area contributed by atoms with E-state index in [1.54, 1.807) is 42.5 Å². The summed E-state index contributed by atoms with van der Waals surface area (Å²) in [4.78, 5) is 27.9. The molecule has 2 amide bonds. The molecule has 31 heavy (non-hydrogen) atoms. The molecule has 0 unspecified atom stereocenters. The van der Waals surface area contributed by atoms with Crippen LogP contribution in [0.25, 0.3) is 5.57 Å². The lowest BCUT2D eigenvalue weighted by atomic mass is 10.0. The number of carbonyl (C=O) groups is 2. The third kappa shape index (κ3) is 3.78. The Morgan fingerprint density at radius 3 is 2.35 bits per heavy atom. The molecule has 0 bridgehead atoms. The van der Waals surface area contributed by atoms with Gasteiger partial charge < -0.3 is 10.1 Å². The summed E-state index contributed by atoms with van der Waals surface area (Å²) in [5.41, 5.74) is 2.45. The first-order chi connectivity index (χ1) is 14.9. The summed E-state index contributed by atoms with van der Waals surface area (Å²) in [6.45, 7) is 1.84. The van der Waals surface area contributed by atoms with Crippen molar-refractivity contribution in [2.45, 2.75) is 6.92 Å². The van der Waals surface area contributed by atoms with Crippen LogP contribution in [0, 0.1) is 12.7 Å². The lowest BCUT2D eigenvalue weighted by molar-refractivity contribution is -0.120. The van der Waals surface area contributed by atoms with E-state index < -0.39 is 17.6 Å². The highest BCUT2D eigenvalue weighted by Crippen LogP contribution is 2.37. The number of amides is 2. The normalized spacial score (nSPS) is 13.7. The average Bonchev–Trinajstić information content (AvgIpc) is 3.00. The van der Waals surface area contributed by atoms with Crippen LogP contribution in [0.1, 0.15) is 11.1 Å². The van der Waals surface area contributed by atoms with Crippen LogP contribution in [-0.4, -0.2) is 18.9 Å². The van der Waals surface area contributed by atoms with Gasteiger partial charge in [-0.05, 0) is 61.0 Å². The van der Waals surface area contributed by atoms with Crippen molar-refractivity contribution in [2.75, 3.05) is 17.3 Å². The van der Waals surface area contributed by atoms with Crippen molar-refractivity contribution in [1.82, 2.24) is 0 Å². The highest BCUT2D eigenvalue weighted by atomic mass is 35.5. The van der Waals surface area contributed by atoms with Crippen LogP contribution in [0.5, 0.6) is 5.75 Å². The Kier molecular flexibility index (Phi) is 5.48. The zero-order chi connectivity index (χ0) is 22.1. The molecule has 0 aliphatic carbocycles. The molecule has 3 aromatic carbocycles.